The van der Waals surface area contributed by atoms with Gasteiger partial charge in [0.25, 0.3) is 0 Å². The number of ether oxygens (including phenoxy) is 1. The van der Waals surface area contributed by atoms with Gasteiger partial charge in [-0.05, 0) is 32.0 Å². The first-order chi connectivity index (χ1) is 8.39. The number of halogens is 1. The number of likely N-dealkylation sites (N-methyl/N-ethyl adjacent to an activating group) is 1. The Morgan fingerprint density at radius 1 is 1.56 bits per heavy atom. The van der Waals surface area contributed by atoms with Crippen LogP contribution in [-0.2, 0) is 4.79 Å². The first-order valence-electron chi connectivity index (χ1n) is 5.83. The van der Waals surface area contributed by atoms with E-state index in [0.29, 0.717) is 12.3 Å². The van der Waals surface area contributed by atoms with E-state index in [-0.39, 0.29) is 12.4 Å². The first kappa shape index (κ1) is 14.4. The summed E-state index contributed by atoms with van der Waals surface area (Å²) in [4.78, 5) is 11.4. The largest absolute Gasteiger partial charge is 0.491 e. The van der Waals surface area contributed by atoms with Crippen LogP contribution >= 0.6 is 0 Å². The number of carbonyl (C=O) groups excluding carboxylic acids is 1. The predicted octanol–water partition coefficient (Wildman–Crippen LogP) is 1.37. The molecule has 0 spiro atoms. The molecule has 18 heavy (non-hydrogen) atoms. The molecule has 0 saturated carbocycles. The minimum atomic E-state index is -0.965. The molecule has 1 aromatic carbocycles. The average molecular weight is 254 g/mol. The molecule has 3 N–H and O–H groups in total. The van der Waals surface area contributed by atoms with Gasteiger partial charge in [-0.15, -0.1) is 0 Å². The highest BCUT2D eigenvalue weighted by Crippen LogP contribution is 2.20. The van der Waals surface area contributed by atoms with Gasteiger partial charge in [0.15, 0.2) is 0 Å². The zero-order chi connectivity index (χ0) is 13.8. The minimum absolute atomic E-state index is 0.0560. The Kier molecular flexibility index (Phi) is 4.67. The average Bonchev–Trinajstić information content (AvgIpc) is 2.30. The molecule has 0 heterocycles. The lowest BCUT2D eigenvalue weighted by Gasteiger charge is -2.27. The molecule has 0 fully saturated rings. The van der Waals surface area contributed by atoms with Crippen molar-refractivity contribution in [3.63, 3.8) is 0 Å². The number of nitrogens with one attached hydrogen (secondary N) is 1. The Hall–Kier alpha value is -1.62. The van der Waals surface area contributed by atoms with Gasteiger partial charge < -0.3 is 15.8 Å². The van der Waals surface area contributed by atoms with Gasteiger partial charge in [-0.25, -0.2) is 4.39 Å². The number of primary amides is 1. The van der Waals surface area contributed by atoms with E-state index < -0.39 is 11.4 Å². The molecule has 1 aromatic rings. The zero-order valence-electron chi connectivity index (χ0n) is 10.9. The van der Waals surface area contributed by atoms with Gasteiger partial charge in [-0.3, -0.25) is 4.79 Å². The first-order valence-corrected chi connectivity index (χ1v) is 5.83. The number of rotatable bonds is 6. The van der Waals surface area contributed by atoms with Gasteiger partial charge in [-0.2, -0.15) is 0 Å². The smallest absolute Gasteiger partial charge is 0.240 e. The molecule has 0 aliphatic carbocycles. The molecule has 1 atom stereocenters. The van der Waals surface area contributed by atoms with Gasteiger partial charge in [0.1, 0.15) is 23.7 Å². The maximum absolute atomic E-state index is 13.1. The predicted molar refractivity (Wildman–Crippen MR) is 67.9 cm³/mol. The summed E-state index contributed by atoms with van der Waals surface area (Å²) in [6, 6.07) is 4.28. The van der Waals surface area contributed by atoms with Crippen LogP contribution in [0.15, 0.2) is 18.2 Å². The summed E-state index contributed by atoms with van der Waals surface area (Å²) in [5, 5.41) is 2.97. The molecular formula is C13H19FN2O2. The van der Waals surface area contributed by atoms with Crippen molar-refractivity contribution in [1.29, 1.82) is 0 Å². The molecular weight excluding hydrogens is 235 g/mol. The second-order valence-electron chi connectivity index (χ2n) is 4.43. The third-order valence-electron chi connectivity index (χ3n) is 2.78. The fourth-order valence-electron chi connectivity index (χ4n) is 1.55. The van der Waals surface area contributed by atoms with Crippen molar-refractivity contribution in [2.75, 3.05) is 13.2 Å². The molecule has 0 aromatic heterocycles. The quantitative estimate of drug-likeness (QED) is 0.805. The third kappa shape index (κ3) is 3.43. The summed E-state index contributed by atoms with van der Waals surface area (Å²) in [5.41, 5.74) is 5.17. The standard InChI is InChI=1S/C13H19FN2O2/c1-4-16-13(3,12(15)17)8-18-11-7-10(14)6-5-9(11)2/h5-7,16H,4,8H2,1-3H3,(H2,15,17). The molecule has 100 valence electrons. The van der Waals surface area contributed by atoms with Gasteiger partial charge in [0.2, 0.25) is 5.91 Å². The SMILES string of the molecule is CCNC(C)(COc1cc(F)ccc1C)C(N)=O. The van der Waals surface area contributed by atoms with E-state index in [2.05, 4.69) is 5.32 Å². The van der Waals surface area contributed by atoms with Gasteiger partial charge in [0.05, 0.1) is 0 Å². The lowest BCUT2D eigenvalue weighted by molar-refractivity contribution is -0.124. The van der Waals surface area contributed by atoms with Crippen molar-refractivity contribution in [1.82, 2.24) is 5.32 Å². The summed E-state index contributed by atoms with van der Waals surface area (Å²) >= 11 is 0. The van der Waals surface area contributed by atoms with Crippen LogP contribution in [-0.4, -0.2) is 24.6 Å². The second kappa shape index (κ2) is 5.82. The fourth-order valence-corrected chi connectivity index (χ4v) is 1.55. The molecule has 0 radical (unpaired) electrons. The lowest BCUT2D eigenvalue weighted by Crippen LogP contribution is -2.57. The molecule has 1 rings (SSSR count). The summed E-state index contributed by atoms with van der Waals surface area (Å²) in [6.07, 6.45) is 0. The molecule has 1 amide bonds. The number of carbonyl (C=O) groups is 1. The van der Waals surface area contributed by atoms with E-state index in [4.69, 9.17) is 10.5 Å². The van der Waals surface area contributed by atoms with E-state index in [9.17, 15) is 9.18 Å². The Bertz CT molecular complexity index is 437. The Morgan fingerprint density at radius 3 is 2.78 bits per heavy atom. The summed E-state index contributed by atoms with van der Waals surface area (Å²) < 4.78 is 18.6. The normalized spacial score (nSPS) is 14.0. The van der Waals surface area contributed by atoms with Crippen LogP contribution in [0.3, 0.4) is 0 Å². The van der Waals surface area contributed by atoms with Crippen LogP contribution in [0.2, 0.25) is 0 Å². The highest BCUT2D eigenvalue weighted by molar-refractivity contribution is 5.84. The number of benzene rings is 1. The molecule has 4 nitrogen and oxygen atoms in total. The van der Waals surface area contributed by atoms with Crippen molar-refractivity contribution in [3.8, 4) is 5.75 Å². The van der Waals surface area contributed by atoms with Crippen LogP contribution in [0.25, 0.3) is 0 Å². The van der Waals surface area contributed by atoms with E-state index >= 15 is 0 Å². The van der Waals surface area contributed by atoms with E-state index in [1.807, 2.05) is 13.8 Å². The number of amides is 1. The zero-order valence-corrected chi connectivity index (χ0v) is 10.9. The van der Waals surface area contributed by atoms with Crippen molar-refractivity contribution in [3.05, 3.63) is 29.6 Å². The van der Waals surface area contributed by atoms with Gasteiger partial charge in [-0.1, -0.05) is 13.0 Å². The number of hydrogen-bond acceptors (Lipinski definition) is 3. The molecule has 5 heteroatoms. The van der Waals surface area contributed by atoms with E-state index in [1.54, 1.807) is 13.0 Å². The van der Waals surface area contributed by atoms with Gasteiger partial charge in [0, 0.05) is 6.07 Å². The molecule has 0 bridgehead atoms. The van der Waals surface area contributed by atoms with Crippen LogP contribution in [0.5, 0.6) is 5.75 Å². The number of hydrogen-bond donors (Lipinski definition) is 2. The van der Waals surface area contributed by atoms with Gasteiger partial charge >= 0.3 is 0 Å². The van der Waals surface area contributed by atoms with Crippen LogP contribution < -0.4 is 15.8 Å². The number of aryl methyl sites for hydroxylation is 1. The lowest BCUT2D eigenvalue weighted by atomic mass is 10.0. The Morgan fingerprint density at radius 2 is 2.22 bits per heavy atom. The maximum atomic E-state index is 13.1. The van der Waals surface area contributed by atoms with Crippen LogP contribution in [0.4, 0.5) is 4.39 Å². The fraction of sp³-hybridized carbons (Fsp3) is 0.462. The molecule has 0 aliphatic rings. The van der Waals surface area contributed by atoms with Crippen molar-refractivity contribution in [2.24, 2.45) is 5.73 Å². The van der Waals surface area contributed by atoms with Crippen molar-refractivity contribution < 1.29 is 13.9 Å². The van der Waals surface area contributed by atoms with E-state index in [1.165, 1.54) is 12.1 Å². The molecule has 0 saturated heterocycles. The highest BCUT2D eigenvalue weighted by Gasteiger charge is 2.31. The summed E-state index contributed by atoms with van der Waals surface area (Å²) in [6.45, 7) is 5.98. The summed E-state index contributed by atoms with van der Waals surface area (Å²) in [7, 11) is 0. The third-order valence-corrected chi connectivity index (χ3v) is 2.78. The Balaban J connectivity index is 2.79. The monoisotopic (exact) mass is 254 g/mol. The minimum Gasteiger partial charge on any atom is -0.491 e. The molecule has 1 unspecified atom stereocenters. The van der Waals surface area contributed by atoms with Crippen molar-refractivity contribution in [2.45, 2.75) is 26.3 Å². The second-order valence-corrected chi connectivity index (χ2v) is 4.43. The maximum Gasteiger partial charge on any atom is 0.240 e. The number of nitrogens with two attached hydrogens (primary N) is 1. The van der Waals surface area contributed by atoms with E-state index in [0.717, 1.165) is 5.56 Å². The van der Waals surface area contributed by atoms with Crippen molar-refractivity contribution >= 4 is 5.91 Å². The Labute approximate surface area is 106 Å². The van der Waals surface area contributed by atoms with Crippen LogP contribution in [0.1, 0.15) is 19.4 Å². The topological polar surface area (TPSA) is 64.3 Å². The summed E-state index contributed by atoms with van der Waals surface area (Å²) in [5.74, 6) is -0.460. The van der Waals surface area contributed by atoms with Crippen LogP contribution in [0, 0.1) is 12.7 Å². The molecule has 0 aliphatic heterocycles. The highest BCUT2D eigenvalue weighted by atomic mass is 19.1.